The van der Waals surface area contributed by atoms with Crippen molar-refractivity contribution in [2.24, 2.45) is 7.05 Å². The van der Waals surface area contributed by atoms with Crippen LogP contribution in [0.4, 0.5) is 0 Å². The molecule has 1 aromatic carbocycles. The first-order valence-electron chi connectivity index (χ1n) is 5.60. The van der Waals surface area contributed by atoms with E-state index in [1.165, 1.54) is 0 Å². The summed E-state index contributed by atoms with van der Waals surface area (Å²) in [6.45, 7) is 0.327. The largest absolute Gasteiger partial charge is 0.497 e. The number of aromatic nitrogens is 2. The van der Waals surface area contributed by atoms with Crippen LogP contribution in [0.5, 0.6) is 11.5 Å². The molecule has 0 atom stereocenters. The van der Waals surface area contributed by atoms with Crippen molar-refractivity contribution < 1.29 is 14.6 Å². The van der Waals surface area contributed by atoms with Crippen LogP contribution in [0.3, 0.4) is 0 Å². The van der Waals surface area contributed by atoms with Gasteiger partial charge in [0.25, 0.3) is 0 Å². The molecule has 0 amide bonds. The minimum absolute atomic E-state index is 0.0854. The summed E-state index contributed by atoms with van der Waals surface area (Å²) in [6, 6.07) is 5.36. The second-order valence-corrected chi connectivity index (χ2v) is 3.92. The van der Waals surface area contributed by atoms with Crippen LogP contribution in [0.25, 0.3) is 0 Å². The highest BCUT2D eigenvalue weighted by molar-refractivity contribution is 5.39. The number of hydrogen-bond acceptors (Lipinski definition) is 4. The van der Waals surface area contributed by atoms with Gasteiger partial charge in [-0.05, 0) is 18.2 Å². The van der Waals surface area contributed by atoms with Gasteiger partial charge < -0.3 is 19.1 Å². The van der Waals surface area contributed by atoms with Crippen LogP contribution in [0.2, 0.25) is 0 Å². The van der Waals surface area contributed by atoms with Crippen LogP contribution in [0, 0.1) is 0 Å². The standard InChI is InChI=1S/C13H16N2O3/c1-15-9-14-6-11(15)8-18-13-4-3-12(17-2)5-10(13)7-16/h3-6,9,16H,7-8H2,1-2H3. The van der Waals surface area contributed by atoms with Crippen molar-refractivity contribution in [3.05, 3.63) is 42.0 Å². The maximum Gasteiger partial charge on any atom is 0.130 e. The van der Waals surface area contributed by atoms with Gasteiger partial charge in [-0.25, -0.2) is 4.98 Å². The fraction of sp³-hybridized carbons (Fsp3) is 0.308. The van der Waals surface area contributed by atoms with E-state index in [2.05, 4.69) is 4.98 Å². The zero-order chi connectivity index (χ0) is 13.0. The van der Waals surface area contributed by atoms with E-state index in [-0.39, 0.29) is 6.61 Å². The predicted molar refractivity (Wildman–Crippen MR) is 66.5 cm³/mol. The molecule has 1 aromatic heterocycles. The van der Waals surface area contributed by atoms with Crippen molar-refractivity contribution in [1.82, 2.24) is 9.55 Å². The van der Waals surface area contributed by atoms with Crippen molar-refractivity contribution in [2.75, 3.05) is 7.11 Å². The Balaban J connectivity index is 2.11. The lowest BCUT2D eigenvalue weighted by atomic mass is 10.2. The van der Waals surface area contributed by atoms with Crippen LogP contribution >= 0.6 is 0 Å². The molecular formula is C13H16N2O3. The highest BCUT2D eigenvalue weighted by Gasteiger charge is 2.06. The Hall–Kier alpha value is -2.01. The van der Waals surface area contributed by atoms with E-state index < -0.39 is 0 Å². The lowest BCUT2D eigenvalue weighted by Gasteiger charge is -2.11. The average molecular weight is 248 g/mol. The molecule has 0 unspecified atom stereocenters. The molecule has 2 rings (SSSR count). The smallest absolute Gasteiger partial charge is 0.130 e. The van der Waals surface area contributed by atoms with Crippen LogP contribution in [-0.4, -0.2) is 21.8 Å². The predicted octanol–water partition coefficient (Wildman–Crippen LogP) is 1.50. The van der Waals surface area contributed by atoms with Crippen molar-refractivity contribution in [3.63, 3.8) is 0 Å². The molecule has 0 spiro atoms. The van der Waals surface area contributed by atoms with E-state index >= 15 is 0 Å². The van der Waals surface area contributed by atoms with Crippen LogP contribution in [0.1, 0.15) is 11.3 Å². The SMILES string of the molecule is COc1ccc(OCc2cncn2C)c(CO)c1. The highest BCUT2D eigenvalue weighted by Crippen LogP contribution is 2.24. The minimum atomic E-state index is -0.0854. The molecule has 0 aliphatic heterocycles. The number of aliphatic hydroxyl groups excluding tert-OH is 1. The first-order valence-corrected chi connectivity index (χ1v) is 5.60. The Labute approximate surface area is 106 Å². The molecule has 2 aromatic rings. The third-order valence-corrected chi connectivity index (χ3v) is 2.73. The summed E-state index contributed by atoms with van der Waals surface area (Å²) in [6.07, 6.45) is 3.47. The molecule has 18 heavy (non-hydrogen) atoms. The molecule has 5 heteroatoms. The van der Waals surface area contributed by atoms with Gasteiger partial charge in [0.05, 0.1) is 31.9 Å². The van der Waals surface area contributed by atoms with Gasteiger partial charge in [0.15, 0.2) is 0 Å². The molecule has 0 aliphatic carbocycles. The molecule has 5 nitrogen and oxygen atoms in total. The fourth-order valence-electron chi connectivity index (χ4n) is 1.62. The number of nitrogens with zero attached hydrogens (tertiary/aromatic N) is 2. The Morgan fingerprint density at radius 1 is 1.39 bits per heavy atom. The van der Waals surface area contributed by atoms with E-state index in [0.29, 0.717) is 23.7 Å². The van der Waals surface area contributed by atoms with Gasteiger partial charge in [-0.2, -0.15) is 0 Å². The second kappa shape index (κ2) is 5.55. The third kappa shape index (κ3) is 2.62. The number of imidazole rings is 1. The quantitative estimate of drug-likeness (QED) is 0.871. The third-order valence-electron chi connectivity index (χ3n) is 2.73. The first-order chi connectivity index (χ1) is 8.74. The number of rotatable bonds is 5. The summed E-state index contributed by atoms with van der Waals surface area (Å²) in [5.74, 6) is 1.35. The van der Waals surface area contributed by atoms with Crippen molar-refractivity contribution in [2.45, 2.75) is 13.2 Å². The summed E-state index contributed by atoms with van der Waals surface area (Å²) < 4.78 is 12.7. The summed E-state index contributed by atoms with van der Waals surface area (Å²) in [5, 5.41) is 9.30. The fourth-order valence-corrected chi connectivity index (χ4v) is 1.62. The molecule has 0 saturated carbocycles. The number of aliphatic hydroxyl groups is 1. The van der Waals surface area contributed by atoms with Crippen LogP contribution < -0.4 is 9.47 Å². The normalized spacial score (nSPS) is 10.4. The number of aryl methyl sites for hydroxylation is 1. The Morgan fingerprint density at radius 2 is 2.22 bits per heavy atom. The van der Waals surface area contributed by atoms with Gasteiger partial charge in [-0.15, -0.1) is 0 Å². The second-order valence-electron chi connectivity index (χ2n) is 3.92. The summed E-state index contributed by atoms with van der Waals surface area (Å²) in [4.78, 5) is 4.02. The minimum Gasteiger partial charge on any atom is -0.497 e. The summed E-state index contributed by atoms with van der Waals surface area (Å²) in [7, 11) is 3.50. The monoisotopic (exact) mass is 248 g/mol. The van der Waals surface area contributed by atoms with Gasteiger partial charge in [0.1, 0.15) is 18.1 Å². The van der Waals surface area contributed by atoms with E-state index in [0.717, 1.165) is 5.69 Å². The van der Waals surface area contributed by atoms with Crippen molar-refractivity contribution in [1.29, 1.82) is 0 Å². The lowest BCUT2D eigenvalue weighted by Crippen LogP contribution is -2.03. The van der Waals surface area contributed by atoms with Gasteiger partial charge in [0.2, 0.25) is 0 Å². The lowest BCUT2D eigenvalue weighted by molar-refractivity contribution is 0.255. The number of benzene rings is 1. The average Bonchev–Trinajstić information content (AvgIpc) is 2.81. The molecule has 0 saturated heterocycles. The zero-order valence-electron chi connectivity index (χ0n) is 10.5. The molecule has 1 N–H and O–H groups in total. The Kier molecular flexibility index (Phi) is 3.84. The maximum atomic E-state index is 9.30. The van der Waals surface area contributed by atoms with Crippen molar-refractivity contribution >= 4 is 0 Å². The molecule has 1 heterocycles. The first kappa shape index (κ1) is 12.4. The number of hydrogen-bond donors (Lipinski definition) is 1. The van der Waals surface area contributed by atoms with E-state index in [1.54, 1.807) is 37.8 Å². The maximum absolute atomic E-state index is 9.30. The van der Waals surface area contributed by atoms with Gasteiger partial charge in [0, 0.05) is 12.6 Å². The number of ether oxygens (including phenoxy) is 2. The number of methoxy groups -OCH3 is 1. The Morgan fingerprint density at radius 3 is 2.83 bits per heavy atom. The molecule has 0 radical (unpaired) electrons. The molecule has 0 bridgehead atoms. The summed E-state index contributed by atoms with van der Waals surface area (Å²) >= 11 is 0. The molecule has 0 fully saturated rings. The van der Waals surface area contributed by atoms with E-state index in [9.17, 15) is 5.11 Å². The Bertz CT molecular complexity index is 523. The van der Waals surface area contributed by atoms with Crippen LogP contribution in [-0.2, 0) is 20.3 Å². The van der Waals surface area contributed by atoms with E-state index in [4.69, 9.17) is 9.47 Å². The van der Waals surface area contributed by atoms with Gasteiger partial charge in [-0.3, -0.25) is 0 Å². The molecule has 96 valence electrons. The highest BCUT2D eigenvalue weighted by atomic mass is 16.5. The van der Waals surface area contributed by atoms with Gasteiger partial charge >= 0.3 is 0 Å². The van der Waals surface area contributed by atoms with Crippen molar-refractivity contribution in [3.8, 4) is 11.5 Å². The summed E-state index contributed by atoms with van der Waals surface area (Å²) in [5.41, 5.74) is 1.67. The van der Waals surface area contributed by atoms with E-state index in [1.807, 2.05) is 11.6 Å². The molecular weight excluding hydrogens is 232 g/mol. The van der Waals surface area contributed by atoms with Crippen LogP contribution in [0.15, 0.2) is 30.7 Å². The molecule has 0 aliphatic rings. The van der Waals surface area contributed by atoms with Gasteiger partial charge in [-0.1, -0.05) is 0 Å². The zero-order valence-corrected chi connectivity index (χ0v) is 10.5. The topological polar surface area (TPSA) is 56.5 Å².